The third-order valence-electron chi connectivity index (χ3n) is 4.66. The number of nitrogens with one attached hydrogen (secondary N) is 1. The summed E-state index contributed by atoms with van der Waals surface area (Å²) in [6, 6.07) is 15.6. The Balaban J connectivity index is 1.90. The second kappa shape index (κ2) is 10.6. The van der Waals surface area contributed by atoms with Crippen LogP contribution in [0.3, 0.4) is 0 Å². The molecule has 0 aliphatic heterocycles. The van der Waals surface area contributed by atoms with Crippen molar-refractivity contribution < 1.29 is 4.79 Å². The normalized spacial score (nSPS) is 12.1. The van der Waals surface area contributed by atoms with Crippen LogP contribution in [-0.4, -0.2) is 41.1 Å². The first-order valence-corrected chi connectivity index (χ1v) is 9.34. The highest BCUT2D eigenvalue weighted by molar-refractivity contribution is 5.75. The Labute approximate surface area is 155 Å². The number of nitrogens with zero attached hydrogens (tertiary/aromatic N) is 2. The number of carbonyl (C=O) groups is 1. The zero-order valence-electron chi connectivity index (χ0n) is 15.7. The maximum atomic E-state index is 12.2. The van der Waals surface area contributed by atoms with Crippen molar-refractivity contribution in [1.29, 1.82) is 0 Å². The van der Waals surface area contributed by atoms with Crippen molar-refractivity contribution >= 4 is 5.91 Å². The second-order valence-electron chi connectivity index (χ2n) is 6.35. The molecule has 0 saturated carbocycles. The minimum atomic E-state index is -0.0783. The summed E-state index contributed by atoms with van der Waals surface area (Å²) in [7, 11) is 0. The molecule has 0 bridgehead atoms. The van der Waals surface area contributed by atoms with E-state index in [0.717, 1.165) is 19.5 Å². The average molecular weight is 355 g/mol. The van der Waals surface area contributed by atoms with Gasteiger partial charge in [-0.05, 0) is 31.1 Å². The van der Waals surface area contributed by atoms with Gasteiger partial charge in [0.1, 0.15) is 0 Å². The Morgan fingerprint density at radius 1 is 1.08 bits per heavy atom. The molecule has 5 heteroatoms. The van der Waals surface area contributed by atoms with E-state index in [4.69, 9.17) is 0 Å². The van der Waals surface area contributed by atoms with Crippen molar-refractivity contribution in [1.82, 2.24) is 14.8 Å². The second-order valence-corrected chi connectivity index (χ2v) is 6.35. The number of likely N-dealkylation sites (N-methyl/N-ethyl adjacent to an activating group) is 1. The van der Waals surface area contributed by atoms with Crippen molar-refractivity contribution in [3.05, 3.63) is 70.6 Å². The van der Waals surface area contributed by atoms with E-state index in [1.54, 1.807) is 22.9 Å². The molecule has 1 aromatic carbocycles. The van der Waals surface area contributed by atoms with E-state index < -0.39 is 0 Å². The Bertz CT molecular complexity index is 723. The predicted octanol–water partition coefficient (Wildman–Crippen LogP) is 2.31. The van der Waals surface area contributed by atoms with Crippen LogP contribution < -0.4 is 10.9 Å². The Morgan fingerprint density at radius 3 is 2.42 bits per heavy atom. The first-order valence-electron chi connectivity index (χ1n) is 9.34. The number of aromatic nitrogens is 1. The Hall–Kier alpha value is -2.40. The van der Waals surface area contributed by atoms with Gasteiger partial charge in [-0.2, -0.15) is 0 Å². The summed E-state index contributed by atoms with van der Waals surface area (Å²) in [4.78, 5) is 26.3. The predicted molar refractivity (Wildman–Crippen MR) is 105 cm³/mol. The standard InChI is InChI=1S/C21H29N3O2/c1-3-23(4-2)19(16-18-10-6-5-7-11-18)17-22-20(25)13-15-24-14-9-8-12-21(24)26/h5-12,14,19H,3-4,13,15-17H2,1-2H3,(H,22,25). The molecule has 0 spiro atoms. The summed E-state index contributed by atoms with van der Waals surface area (Å²) in [6.07, 6.45) is 2.92. The van der Waals surface area contributed by atoms with Gasteiger partial charge in [-0.15, -0.1) is 0 Å². The van der Waals surface area contributed by atoms with Crippen LogP contribution in [0.4, 0.5) is 0 Å². The molecule has 1 heterocycles. The van der Waals surface area contributed by atoms with Gasteiger partial charge < -0.3 is 9.88 Å². The van der Waals surface area contributed by atoms with Crippen LogP contribution in [0.2, 0.25) is 0 Å². The van der Waals surface area contributed by atoms with E-state index >= 15 is 0 Å². The topological polar surface area (TPSA) is 54.3 Å². The number of aryl methyl sites for hydroxylation is 1. The van der Waals surface area contributed by atoms with Gasteiger partial charge in [0.05, 0.1) is 0 Å². The quantitative estimate of drug-likeness (QED) is 0.712. The van der Waals surface area contributed by atoms with Crippen LogP contribution in [0, 0.1) is 0 Å². The van der Waals surface area contributed by atoms with E-state index in [2.05, 4.69) is 36.2 Å². The average Bonchev–Trinajstić information content (AvgIpc) is 2.67. The van der Waals surface area contributed by atoms with E-state index in [0.29, 0.717) is 19.5 Å². The van der Waals surface area contributed by atoms with Crippen molar-refractivity contribution in [2.24, 2.45) is 0 Å². The zero-order valence-corrected chi connectivity index (χ0v) is 15.7. The van der Waals surface area contributed by atoms with Crippen LogP contribution >= 0.6 is 0 Å². The Kier molecular flexibility index (Phi) is 8.09. The minimum Gasteiger partial charge on any atom is -0.354 e. The molecule has 1 aromatic heterocycles. The molecule has 2 aromatic rings. The van der Waals surface area contributed by atoms with Gasteiger partial charge >= 0.3 is 0 Å². The molecule has 1 atom stereocenters. The van der Waals surface area contributed by atoms with E-state index in [1.807, 2.05) is 18.2 Å². The van der Waals surface area contributed by atoms with Gasteiger partial charge in [0.25, 0.3) is 5.56 Å². The number of amides is 1. The monoisotopic (exact) mass is 355 g/mol. The number of benzene rings is 1. The molecule has 0 aliphatic rings. The molecule has 1 amide bonds. The third kappa shape index (κ3) is 6.15. The van der Waals surface area contributed by atoms with Crippen molar-refractivity contribution in [2.75, 3.05) is 19.6 Å². The maximum Gasteiger partial charge on any atom is 0.250 e. The van der Waals surface area contributed by atoms with Gasteiger partial charge in [-0.3, -0.25) is 14.5 Å². The highest BCUT2D eigenvalue weighted by atomic mass is 16.1. The first-order chi connectivity index (χ1) is 12.6. The van der Waals surface area contributed by atoms with Gasteiger partial charge in [-0.25, -0.2) is 0 Å². The third-order valence-corrected chi connectivity index (χ3v) is 4.66. The summed E-state index contributed by atoms with van der Waals surface area (Å²) in [5, 5.41) is 3.05. The molecule has 0 fully saturated rings. The Morgan fingerprint density at radius 2 is 1.77 bits per heavy atom. The summed E-state index contributed by atoms with van der Waals surface area (Å²) >= 11 is 0. The van der Waals surface area contributed by atoms with Gasteiger partial charge in [-0.1, -0.05) is 50.2 Å². The number of carbonyl (C=O) groups excluding carboxylic acids is 1. The molecule has 0 aliphatic carbocycles. The van der Waals surface area contributed by atoms with E-state index in [1.165, 1.54) is 11.6 Å². The number of hydrogen-bond donors (Lipinski definition) is 1. The molecule has 1 unspecified atom stereocenters. The molecular weight excluding hydrogens is 326 g/mol. The van der Waals surface area contributed by atoms with E-state index in [9.17, 15) is 9.59 Å². The smallest absolute Gasteiger partial charge is 0.250 e. The van der Waals surface area contributed by atoms with Crippen LogP contribution in [0.15, 0.2) is 59.5 Å². The first kappa shape index (κ1) is 19.9. The lowest BCUT2D eigenvalue weighted by atomic mass is 10.0. The van der Waals surface area contributed by atoms with Crippen LogP contribution in [0.25, 0.3) is 0 Å². The van der Waals surface area contributed by atoms with Gasteiger partial charge in [0, 0.05) is 37.8 Å². The molecule has 1 N–H and O–H groups in total. The zero-order chi connectivity index (χ0) is 18.8. The lowest BCUT2D eigenvalue weighted by molar-refractivity contribution is -0.121. The SMILES string of the molecule is CCN(CC)C(CNC(=O)CCn1ccccc1=O)Cc1ccccc1. The molecular formula is C21H29N3O2. The van der Waals surface area contributed by atoms with Crippen LogP contribution in [-0.2, 0) is 17.8 Å². The molecule has 5 nitrogen and oxygen atoms in total. The highest BCUT2D eigenvalue weighted by Gasteiger charge is 2.17. The summed E-state index contributed by atoms with van der Waals surface area (Å²) in [6.45, 7) is 7.20. The fourth-order valence-corrected chi connectivity index (χ4v) is 3.14. The molecule has 140 valence electrons. The minimum absolute atomic E-state index is 0.0222. The fourth-order valence-electron chi connectivity index (χ4n) is 3.14. The number of pyridine rings is 1. The van der Waals surface area contributed by atoms with Crippen LogP contribution in [0.1, 0.15) is 25.8 Å². The number of rotatable bonds is 10. The van der Waals surface area contributed by atoms with Crippen molar-refractivity contribution in [2.45, 2.75) is 39.3 Å². The fraction of sp³-hybridized carbons (Fsp3) is 0.429. The molecule has 0 radical (unpaired) electrons. The summed E-state index contributed by atoms with van der Waals surface area (Å²) in [5.74, 6) is -0.0222. The molecule has 0 saturated heterocycles. The number of hydrogen-bond acceptors (Lipinski definition) is 3. The van der Waals surface area contributed by atoms with Crippen molar-refractivity contribution in [3.8, 4) is 0 Å². The van der Waals surface area contributed by atoms with E-state index in [-0.39, 0.29) is 17.5 Å². The van der Waals surface area contributed by atoms with Crippen molar-refractivity contribution in [3.63, 3.8) is 0 Å². The largest absolute Gasteiger partial charge is 0.354 e. The molecule has 26 heavy (non-hydrogen) atoms. The van der Waals surface area contributed by atoms with Crippen LogP contribution in [0.5, 0.6) is 0 Å². The lowest BCUT2D eigenvalue weighted by Crippen LogP contribution is -2.45. The summed E-state index contributed by atoms with van der Waals surface area (Å²) < 4.78 is 1.56. The highest BCUT2D eigenvalue weighted by Crippen LogP contribution is 2.08. The van der Waals surface area contributed by atoms with Gasteiger partial charge in [0.15, 0.2) is 0 Å². The lowest BCUT2D eigenvalue weighted by Gasteiger charge is -2.30. The maximum absolute atomic E-state index is 12.2. The molecule has 2 rings (SSSR count). The summed E-state index contributed by atoms with van der Waals surface area (Å²) in [5.41, 5.74) is 1.19. The van der Waals surface area contributed by atoms with Gasteiger partial charge in [0.2, 0.25) is 5.91 Å².